The van der Waals surface area contributed by atoms with E-state index in [0.29, 0.717) is 11.5 Å². The Kier molecular flexibility index (Phi) is 11.5. The molecular formula is C34H39N5O8. The van der Waals surface area contributed by atoms with Crippen LogP contribution in [0.25, 0.3) is 10.9 Å². The molecule has 0 aliphatic heterocycles. The molecule has 1 aromatic heterocycles. The normalized spacial score (nSPS) is 13.7. The summed E-state index contributed by atoms with van der Waals surface area (Å²) in [4.78, 5) is 53.6. The van der Waals surface area contributed by atoms with Crippen molar-refractivity contribution in [2.75, 3.05) is 14.2 Å². The number of benzene rings is 3. The average Bonchev–Trinajstić information content (AvgIpc) is 3.48. The molecule has 1 heterocycles. The van der Waals surface area contributed by atoms with Gasteiger partial charge < -0.3 is 41.0 Å². The van der Waals surface area contributed by atoms with Crippen LogP contribution in [0.2, 0.25) is 0 Å². The number of amides is 2. The number of carbonyl (C=O) groups excluding carboxylic acids is 2. The first kappa shape index (κ1) is 34.5. The van der Waals surface area contributed by atoms with Crippen molar-refractivity contribution in [1.82, 2.24) is 20.9 Å². The Bertz CT molecular complexity index is 1640. The zero-order valence-corrected chi connectivity index (χ0v) is 26.2. The predicted octanol–water partition coefficient (Wildman–Crippen LogP) is 2.35. The van der Waals surface area contributed by atoms with E-state index in [4.69, 9.17) is 15.2 Å². The third-order valence-corrected chi connectivity index (χ3v) is 7.87. The molecule has 13 nitrogen and oxygen atoms in total. The van der Waals surface area contributed by atoms with Crippen molar-refractivity contribution < 1.29 is 38.9 Å². The molecule has 8 N–H and O–H groups in total. The van der Waals surface area contributed by atoms with E-state index in [0.717, 1.165) is 27.6 Å². The van der Waals surface area contributed by atoms with E-state index in [1.807, 2.05) is 24.3 Å². The van der Waals surface area contributed by atoms with Crippen molar-refractivity contribution in [3.05, 3.63) is 95.7 Å². The second kappa shape index (κ2) is 15.7. The number of ether oxygens (including phenoxy) is 2. The van der Waals surface area contributed by atoms with E-state index < -0.39 is 60.4 Å². The van der Waals surface area contributed by atoms with Crippen molar-refractivity contribution in [1.29, 1.82) is 0 Å². The highest BCUT2D eigenvalue weighted by atomic mass is 16.5. The van der Waals surface area contributed by atoms with Crippen molar-refractivity contribution in [3.8, 4) is 11.5 Å². The summed E-state index contributed by atoms with van der Waals surface area (Å²) in [6.07, 6.45) is 1.33. The number of hydrogen-bond donors (Lipinski definition) is 7. The summed E-state index contributed by atoms with van der Waals surface area (Å²) in [6, 6.07) is 15.9. The lowest BCUT2D eigenvalue weighted by molar-refractivity contribution is -0.144. The molecule has 0 unspecified atom stereocenters. The molecule has 0 bridgehead atoms. The Morgan fingerprint density at radius 1 is 0.830 bits per heavy atom. The van der Waals surface area contributed by atoms with Crippen LogP contribution in [0.5, 0.6) is 11.5 Å². The monoisotopic (exact) mass is 645 g/mol. The minimum Gasteiger partial charge on any atom is -0.497 e. The molecule has 4 aromatic rings. The highest BCUT2D eigenvalue weighted by Gasteiger charge is 2.32. The molecule has 3 aromatic carbocycles. The van der Waals surface area contributed by atoms with E-state index in [-0.39, 0.29) is 6.42 Å². The molecular weight excluding hydrogens is 606 g/mol. The molecule has 13 heteroatoms. The largest absolute Gasteiger partial charge is 0.497 e. The molecule has 0 spiro atoms. The summed E-state index contributed by atoms with van der Waals surface area (Å²) in [5.74, 6) is -2.74. The number of carbonyl (C=O) groups is 4. The van der Waals surface area contributed by atoms with Gasteiger partial charge in [0.15, 0.2) is 0 Å². The van der Waals surface area contributed by atoms with Crippen molar-refractivity contribution >= 4 is 34.7 Å². The molecule has 4 rings (SSSR count). The van der Waals surface area contributed by atoms with Gasteiger partial charge in [-0.25, -0.2) is 4.79 Å². The van der Waals surface area contributed by atoms with Crippen LogP contribution < -0.4 is 31.2 Å². The second-order valence-corrected chi connectivity index (χ2v) is 11.1. The molecule has 2 amide bonds. The molecule has 4 atom stereocenters. The molecule has 0 aliphatic rings. The van der Waals surface area contributed by atoms with Gasteiger partial charge in [-0.15, -0.1) is 0 Å². The number of nitrogens with one attached hydrogen (secondary N) is 4. The fourth-order valence-corrected chi connectivity index (χ4v) is 5.28. The van der Waals surface area contributed by atoms with Crippen molar-refractivity contribution in [3.63, 3.8) is 0 Å². The first-order chi connectivity index (χ1) is 22.5. The van der Waals surface area contributed by atoms with Crippen molar-refractivity contribution in [2.45, 2.75) is 50.0 Å². The van der Waals surface area contributed by atoms with Gasteiger partial charge in [0.1, 0.15) is 23.6 Å². The van der Waals surface area contributed by atoms with Crippen LogP contribution in [0.15, 0.2) is 79.0 Å². The Balaban J connectivity index is 1.41. The summed E-state index contributed by atoms with van der Waals surface area (Å²) >= 11 is 0. The van der Waals surface area contributed by atoms with E-state index in [1.54, 1.807) is 68.9 Å². The number of aromatic nitrogens is 1. The van der Waals surface area contributed by atoms with Crippen LogP contribution in [0.4, 0.5) is 0 Å². The third-order valence-electron chi connectivity index (χ3n) is 7.87. The number of methoxy groups -OCH3 is 2. The zero-order valence-electron chi connectivity index (χ0n) is 26.2. The Labute approximate surface area is 271 Å². The van der Waals surface area contributed by atoms with Gasteiger partial charge in [0.05, 0.1) is 32.7 Å². The highest BCUT2D eigenvalue weighted by Crippen LogP contribution is 2.26. The highest BCUT2D eigenvalue weighted by molar-refractivity contribution is 5.91. The number of hydrogen-bond acceptors (Lipinski definition) is 8. The number of carboxylic acid groups (broad SMARTS) is 2. The van der Waals surface area contributed by atoms with Gasteiger partial charge in [0.25, 0.3) is 0 Å². The lowest BCUT2D eigenvalue weighted by Gasteiger charge is -2.27. The number of para-hydroxylation sites is 1. The first-order valence-electron chi connectivity index (χ1n) is 14.9. The number of H-pyrrole nitrogens is 1. The van der Waals surface area contributed by atoms with E-state index in [9.17, 15) is 29.4 Å². The molecule has 0 aliphatic carbocycles. The van der Waals surface area contributed by atoms with E-state index >= 15 is 0 Å². The third kappa shape index (κ3) is 8.87. The van der Waals surface area contributed by atoms with Gasteiger partial charge in [0.2, 0.25) is 11.8 Å². The number of fused-ring (bicyclic) bond motifs is 1. The minimum atomic E-state index is -1.53. The average molecular weight is 646 g/mol. The molecule has 248 valence electrons. The fourth-order valence-electron chi connectivity index (χ4n) is 5.28. The van der Waals surface area contributed by atoms with Crippen LogP contribution in [0.3, 0.4) is 0 Å². The Hall–Kier alpha value is -5.40. The lowest BCUT2D eigenvalue weighted by atomic mass is 9.98. The maximum atomic E-state index is 13.2. The lowest BCUT2D eigenvalue weighted by Crippen LogP contribution is -2.59. The summed E-state index contributed by atoms with van der Waals surface area (Å²) in [5, 5.41) is 28.7. The van der Waals surface area contributed by atoms with Gasteiger partial charge in [0, 0.05) is 29.6 Å². The van der Waals surface area contributed by atoms with E-state index in [2.05, 4.69) is 20.9 Å². The van der Waals surface area contributed by atoms with E-state index in [1.165, 1.54) is 6.92 Å². The fraction of sp³-hybridized carbons (Fsp3) is 0.294. The quantitative estimate of drug-likeness (QED) is 0.0947. The van der Waals surface area contributed by atoms with Crippen LogP contribution in [0, 0.1) is 0 Å². The predicted molar refractivity (Wildman–Crippen MR) is 174 cm³/mol. The summed E-state index contributed by atoms with van der Waals surface area (Å²) in [5.41, 5.74) is 9.14. The number of carboxylic acids is 2. The standard InChI is InChI=1S/C34H39N5O8/c1-19(37-28(33(42)43)16-22-18-36-27-7-5-4-6-25(22)27)30(34(44)45)39-32(41)26(35)17-29(40)38-31(20-8-12-23(46-2)13-9-20)21-10-14-24(47-3)15-11-21/h4-15,18-19,26,28,30-31,36-37H,16-17,35H2,1-3H3,(H,38,40)(H,39,41)(H,42,43)(H,44,45)/t19-,26+,28+,30+/m1/s1. The molecule has 0 radical (unpaired) electrons. The van der Waals surface area contributed by atoms with Gasteiger partial charge in [-0.2, -0.15) is 0 Å². The SMILES string of the molecule is COc1ccc(C(NC(=O)C[C@H](N)C(=O)N[C@H](C(=O)O)[C@@H](C)N[C@@H](Cc2c[nH]c3ccccc23)C(=O)O)c2ccc(OC)cc2)cc1. The second-order valence-electron chi connectivity index (χ2n) is 11.1. The first-order valence-corrected chi connectivity index (χ1v) is 14.9. The van der Waals surface area contributed by atoms with Crippen LogP contribution >= 0.6 is 0 Å². The van der Waals surface area contributed by atoms with Gasteiger partial charge in [-0.1, -0.05) is 42.5 Å². The Morgan fingerprint density at radius 3 is 1.94 bits per heavy atom. The van der Waals surface area contributed by atoms with Crippen molar-refractivity contribution in [2.24, 2.45) is 5.73 Å². The molecule has 0 fully saturated rings. The maximum absolute atomic E-state index is 13.2. The minimum absolute atomic E-state index is 0.0627. The topological polar surface area (TPSA) is 205 Å². The summed E-state index contributed by atoms with van der Waals surface area (Å²) < 4.78 is 10.5. The molecule has 47 heavy (non-hydrogen) atoms. The van der Waals surface area contributed by atoms with Gasteiger partial charge >= 0.3 is 11.9 Å². The van der Waals surface area contributed by atoms with Crippen LogP contribution in [-0.4, -0.2) is 77.3 Å². The van der Waals surface area contributed by atoms with Crippen LogP contribution in [-0.2, 0) is 25.6 Å². The summed E-state index contributed by atoms with van der Waals surface area (Å²) in [6.45, 7) is 1.46. The number of rotatable bonds is 16. The number of aromatic amines is 1. The van der Waals surface area contributed by atoms with Crippen LogP contribution in [0.1, 0.15) is 36.1 Å². The zero-order chi connectivity index (χ0) is 34.1. The Morgan fingerprint density at radius 2 is 1.40 bits per heavy atom. The van der Waals surface area contributed by atoms with Gasteiger partial charge in [-0.3, -0.25) is 19.7 Å². The number of nitrogens with two attached hydrogens (primary N) is 1. The summed E-state index contributed by atoms with van der Waals surface area (Å²) in [7, 11) is 3.09. The molecule has 0 saturated heterocycles. The maximum Gasteiger partial charge on any atom is 0.327 e. The molecule has 0 saturated carbocycles. The van der Waals surface area contributed by atoms with Gasteiger partial charge in [-0.05, 0) is 53.9 Å². The number of aliphatic carboxylic acids is 2. The smallest absolute Gasteiger partial charge is 0.327 e.